The van der Waals surface area contributed by atoms with Crippen LogP contribution in [0.15, 0.2) is 40.3 Å². The van der Waals surface area contributed by atoms with Gasteiger partial charge in [0.15, 0.2) is 9.84 Å². The molecule has 1 N–H and O–H groups in total. The summed E-state index contributed by atoms with van der Waals surface area (Å²) in [5, 5.41) is 4.06. The van der Waals surface area contributed by atoms with Gasteiger partial charge in [-0.15, -0.1) is 0 Å². The largest absolute Gasteiger partial charge is 0.273 e. The minimum Gasteiger partial charge on any atom is -0.273 e. The Morgan fingerprint density at radius 3 is 2.48 bits per heavy atom. The van der Waals surface area contributed by atoms with E-state index in [0.29, 0.717) is 11.3 Å². The fraction of sp³-hybridized carbons (Fsp3) is 0.333. The number of rotatable bonds is 3. The zero-order valence-corrected chi connectivity index (χ0v) is 13.1. The predicted molar refractivity (Wildman–Crippen MR) is 82.6 cm³/mol. The molecule has 2 rings (SSSR count). The first-order valence-corrected chi connectivity index (χ1v) is 8.51. The summed E-state index contributed by atoms with van der Waals surface area (Å²) in [6, 6.07) is 6.73. The van der Waals surface area contributed by atoms with Crippen molar-refractivity contribution in [2.75, 3.05) is 6.26 Å². The van der Waals surface area contributed by atoms with Crippen molar-refractivity contribution in [1.82, 2.24) is 5.43 Å². The topological polar surface area (TPSA) is 75.6 Å². The Hall–Kier alpha value is -1.95. The Bertz CT molecular complexity index is 716. The van der Waals surface area contributed by atoms with Crippen molar-refractivity contribution in [3.63, 3.8) is 0 Å². The second kappa shape index (κ2) is 5.81. The molecule has 21 heavy (non-hydrogen) atoms. The zero-order valence-electron chi connectivity index (χ0n) is 12.3. The van der Waals surface area contributed by atoms with E-state index in [1.165, 1.54) is 6.26 Å². The number of hydrogen-bond donors (Lipinski definition) is 1. The summed E-state index contributed by atoms with van der Waals surface area (Å²) in [7, 11) is -3.18. The summed E-state index contributed by atoms with van der Waals surface area (Å²) in [4.78, 5) is 11.5. The van der Waals surface area contributed by atoms with E-state index >= 15 is 0 Å². The van der Waals surface area contributed by atoms with Gasteiger partial charge in [0.25, 0.3) is 0 Å². The van der Waals surface area contributed by atoms with E-state index in [1.54, 1.807) is 24.3 Å². The average molecular weight is 306 g/mol. The van der Waals surface area contributed by atoms with E-state index in [4.69, 9.17) is 0 Å². The molecule has 1 aliphatic rings. The summed E-state index contributed by atoms with van der Waals surface area (Å²) >= 11 is 0. The van der Waals surface area contributed by atoms with Gasteiger partial charge in [-0.1, -0.05) is 19.1 Å². The molecule has 0 bridgehead atoms. The highest BCUT2D eigenvalue weighted by molar-refractivity contribution is 7.90. The van der Waals surface area contributed by atoms with Gasteiger partial charge in [0.05, 0.1) is 10.6 Å². The Labute approximate surface area is 124 Å². The number of carbonyl (C=O) groups excluding carboxylic acids is 1. The van der Waals surface area contributed by atoms with Crippen LogP contribution < -0.4 is 5.43 Å². The second-order valence-electron chi connectivity index (χ2n) is 5.30. The van der Waals surface area contributed by atoms with Gasteiger partial charge in [0.2, 0.25) is 5.91 Å². The van der Waals surface area contributed by atoms with Crippen molar-refractivity contribution in [3.8, 4) is 0 Å². The Morgan fingerprint density at radius 1 is 1.33 bits per heavy atom. The Balaban J connectivity index is 2.26. The van der Waals surface area contributed by atoms with Crippen LogP contribution in [0.3, 0.4) is 0 Å². The van der Waals surface area contributed by atoms with Gasteiger partial charge >= 0.3 is 0 Å². The SMILES string of the molecule is CC(=CC1=NNC(=O)CC1C)c1ccc(S(C)(=O)=O)cc1. The lowest BCUT2D eigenvalue weighted by Gasteiger charge is -2.17. The highest BCUT2D eigenvalue weighted by Gasteiger charge is 2.18. The maximum atomic E-state index is 11.4. The quantitative estimate of drug-likeness (QED) is 0.928. The van der Waals surface area contributed by atoms with E-state index in [1.807, 2.05) is 19.9 Å². The number of carbonyl (C=O) groups is 1. The van der Waals surface area contributed by atoms with Crippen LogP contribution in [0.5, 0.6) is 0 Å². The van der Waals surface area contributed by atoms with Crippen LogP contribution in [0.2, 0.25) is 0 Å². The van der Waals surface area contributed by atoms with Gasteiger partial charge in [0, 0.05) is 18.6 Å². The molecular formula is C15H18N2O3S. The van der Waals surface area contributed by atoms with Crippen LogP contribution in [0.4, 0.5) is 0 Å². The molecule has 1 heterocycles. The van der Waals surface area contributed by atoms with Crippen molar-refractivity contribution in [3.05, 3.63) is 35.9 Å². The van der Waals surface area contributed by atoms with Crippen LogP contribution in [-0.2, 0) is 14.6 Å². The highest BCUT2D eigenvalue weighted by atomic mass is 32.2. The van der Waals surface area contributed by atoms with Gasteiger partial charge in [0.1, 0.15) is 0 Å². The molecule has 1 amide bonds. The molecule has 5 nitrogen and oxygen atoms in total. The molecule has 0 radical (unpaired) electrons. The molecule has 1 unspecified atom stereocenters. The van der Waals surface area contributed by atoms with Gasteiger partial charge in [-0.05, 0) is 36.3 Å². The lowest BCUT2D eigenvalue weighted by Crippen LogP contribution is -2.30. The van der Waals surface area contributed by atoms with E-state index in [9.17, 15) is 13.2 Å². The number of sulfone groups is 1. The monoisotopic (exact) mass is 306 g/mol. The number of hydrogen-bond acceptors (Lipinski definition) is 4. The number of benzene rings is 1. The summed E-state index contributed by atoms with van der Waals surface area (Å²) < 4.78 is 22.9. The molecule has 1 atom stereocenters. The van der Waals surface area contributed by atoms with E-state index in [0.717, 1.165) is 16.8 Å². The third-order valence-electron chi connectivity index (χ3n) is 3.41. The van der Waals surface area contributed by atoms with Crippen LogP contribution in [0.1, 0.15) is 25.8 Å². The van der Waals surface area contributed by atoms with Gasteiger partial charge in [-0.25, -0.2) is 13.8 Å². The van der Waals surface area contributed by atoms with Crippen molar-refractivity contribution >= 4 is 27.0 Å². The summed E-state index contributed by atoms with van der Waals surface area (Å²) in [5.74, 6) is -0.00111. The molecule has 0 aliphatic carbocycles. The smallest absolute Gasteiger partial charge is 0.240 e. The first-order valence-electron chi connectivity index (χ1n) is 6.62. The average Bonchev–Trinajstić information content (AvgIpc) is 2.41. The molecule has 0 saturated carbocycles. The van der Waals surface area contributed by atoms with Crippen LogP contribution >= 0.6 is 0 Å². The van der Waals surface area contributed by atoms with Gasteiger partial charge in [-0.2, -0.15) is 5.10 Å². The molecule has 1 aliphatic heterocycles. The first kappa shape index (κ1) is 15.4. The van der Waals surface area contributed by atoms with Gasteiger partial charge < -0.3 is 0 Å². The third-order valence-corrected chi connectivity index (χ3v) is 4.54. The van der Waals surface area contributed by atoms with Crippen molar-refractivity contribution < 1.29 is 13.2 Å². The van der Waals surface area contributed by atoms with Gasteiger partial charge in [-0.3, -0.25) is 4.79 Å². The number of nitrogens with zero attached hydrogens (tertiary/aromatic N) is 1. The minimum atomic E-state index is -3.18. The molecule has 0 spiro atoms. The Morgan fingerprint density at radius 2 is 1.95 bits per heavy atom. The molecule has 0 fully saturated rings. The molecule has 1 aromatic carbocycles. The molecule has 112 valence electrons. The van der Waals surface area contributed by atoms with E-state index in [2.05, 4.69) is 10.5 Å². The maximum Gasteiger partial charge on any atom is 0.240 e. The second-order valence-corrected chi connectivity index (χ2v) is 7.32. The third kappa shape index (κ3) is 3.78. The van der Waals surface area contributed by atoms with Crippen molar-refractivity contribution in [2.24, 2.45) is 11.0 Å². The van der Waals surface area contributed by atoms with Crippen LogP contribution in [0, 0.1) is 5.92 Å². The van der Waals surface area contributed by atoms with Crippen LogP contribution in [0.25, 0.3) is 5.57 Å². The molecule has 6 heteroatoms. The standard InChI is InChI=1S/C15H18N2O3S/c1-10(8-14-11(2)9-15(18)17-16-14)12-4-6-13(7-5-12)21(3,19)20/h4-8,11H,9H2,1-3H3,(H,17,18). The summed E-state index contributed by atoms with van der Waals surface area (Å²) in [6.07, 6.45) is 3.53. The molecule has 0 saturated heterocycles. The number of amides is 1. The minimum absolute atomic E-state index is 0.0731. The van der Waals surface area contributed by atoms with E-state index < -0.39 is 9.84 Å². The highest BCUT2D eigenvalue weighted by Crippen LogP contribution is 2.19. The Kier molecular flexibility index (Phi) is 4.27. The zero-order chi connectivity index (χ0) is 15.6. The fourth-order valence-corrected chi connectivity index (χ4v) is 2.74. The van der Waals surface area contributed by atoms with E-state index in [-0.39, 0.29) is 11.8 Å². The lowest BCUT2D eigenvalue weighted by atomic mass is 9.96. The molecular weight excluding hydrogens is 288 g/mol. The van der Waals surface area contributed by atoms with Crippen molar-refractivity contribution in [2.45, 2.75) is 25.2 Å². The predicted octanol–water partition coefficient (Wildman–Crippen LogP) is 2.01. The maximum absolute atomic E-state index is 11.4. The molecule has 0 aromatic heterocycles. The number of nitrogens with one attached hydrogen (secondary N) is 1. The number of hydrazone groups is 1. The fourth-order valence-electron chi connectivity index (χ4n) is 2.11. The summed E-state index contributed by atoms with van der Waals surface area (Å²) in [6.45, 7) is 3.88. The summed E-state index contributed by atoms with van der Waals surface area (Å²) in [5.41, 5.74) is 5.19. The normalized spacial score (nSPS) is 20.0. The first-order chi connectivity index (χ1) is 9.77. The molecule has 1 aromatic rings. The van der Waals surface area contributed by atoms with Crippen molar-refractivity contribution in [1.29, 1.82) is 0 Å². The van der Waals surface area contributed by atoms with Crippen LogP contribution in [-0.4, -0.2) is 26.3 Å². The number of allylic oxidation sites excluding steroid dienone is 2. The lowest BCUT2D eigenvalue weighted by molar-refractivity contribution is -0.121.